The molecule has 6 heteroatoms. The van der Waals surface area contributed by atoms with Crippen molar-refractivity contribution in [3.8, 4) is 0 Å². The molecule has 0 aliphatic carbocycles. The molecule has 0 saturated carbocycles. The van der Waals surface area contributed by atoms with Gasteiger partial charge in [0.15, 0.2) is 0 Å². The Balaban J connectivity index is 3.58. The first kappa shape index (κ1) is 55.8. The number of carbonyl (C=O) groups is 2. The summed E-state index contributed by atoms with van der Waals surface area (Å²) < 4.78 is 5.42. The summed E-state index contributed by atoms with van der Waals surface area (Å²) in [5.74, 6) is -0.148. The van der Waals surface area contributed by atoms with E-state index in [4.69, 9.17) is 4.74 Å². The van der Waals surface area contributed by atoms with E-state index in [-0.39, 0.29) is 18.5 Å². The predicted molar refractivity (Wildman–Crippen MR) is 250 cm³/mol. The average molecular weight is 814 g/mol. The maximum absolute atomic E-state index is 12.4. The summed E-state index contributed by atoms with van der Waals surface area (Å²) in [7, 11) is 0. The van der Waals surface area contributed by atoms with Crippen LogP contribution in [0.2, 0.25) is 0 Å². The van der Waals surface area contributed by atoms with Gasteiger partial charge in [-0.15, -0.1) is 0 Å². The van der Waals surface area contributed by atoms with Crippen LogP contribution in [-0.4, -0.2) is 47.4 Å². The van der Waals surface area contributed by atoms with Crippen LogP contribution in [0.3, 0.4) is 0 Å². The zero-order valence-electron chi connectivity index (χ0n) is 38.3. The number of esters is 1. The number of nitrogens with one attached hydrogen (secondary N) is 1. The fraction of sp³-hybridized carbons (Fsp3) is 0.808. The van der Waals surface area contributed by atoms with Crippen LogP contribution >= 0.6 is 0 Å². The molecule has 2 atom stereocenters. The first-order chi connectivity index (χ1) is 28.5. The molecule has 0 spiro atoms. The van der Waals surface area contributed by atoms with E-state index >= 15 is 0 Å². The number of aliphatic hydroxyl groups is 2. The molecular weight excluding hydrogens is 719 g/mol. The number of amides is 1. The molecule has 58 heavy (non-hydrogen) atoms. The Kier molecular flexibility index (Phi) is 45.7. The van der Waals surface area contributed by atoms with E-state index < -0.39 is 12.1 Å². The molecule has 0 heterocycles. The van der Waals surface area contributed by atoms with E-state index in [9.17, 15) is 19.8 Å². The van der Waals surface area contributed by atoms with E-state index in [0.29, 0.717) is 19.4 Å². The number of rotatable bonds is 45. The highest BCUT2D eigenvalue weighted by atomic mass is 16.5. The Morgan fingerprint density at radius 2 is 0.879 bits per heavy atom. The SMILES string of the molecule is CCCC/C=C\C/C=C\CCCCCCCC(=O)OCCCC/C=C\CCCCCCCC(=O)NC(CO)C(O)/C=C/CCCCCCCCCCCCCCCC. The van der Waals surface area contributed by atoms with Crippen molar-refractivity contribution in [1.29, 1.82) is 0 Å². The second-order valence-electron chi connectivity index (χ2n) is 16.8. The summed E-state index contributed by atoms with van der Waals surface area (Å²) in [5, 5.41) is 23.0. The third-order valence-corrected chi connectivity index (χ3v) is 11.1. The monoisotopic (exact) mass is 814 g/mol. The molecule has 0 aromatic heterocycles. The molecule has 0 aromatic carbocycles. The van der Waals surface area contributed by atoms with Gasteiger partial charge in [0.25, 0.3) is 0 Å². The van der Waals surface area contributed by atoms with Gasteiger partial charge in [0.05, 0.1) is 25.4 Å². The van der Waals surface area contributed by atoms with Crippen LogP contribution in [0.25, 0.3) is 0 Å². The standard InChI is InChI=1S/C52H95NO5/c1-3-5-7-9-11-13-15-17-19-20-21-24-28-32-36-40-44-50(55)49(48-54)53-51(56)45-41-37-33-29-25-23-27-31-35-39-43-47-58-52(57)46-42-38-34-30-26-22-18-16-14-12-10-8-6-4-2/h10,12,16,18,27,31,40,44,49-50,54-55H,3-9,11,13-15,17,19-26,28-30,32-39,41-43,45-48H2,1-2H3,(H,53,56)/b12-10-,18-16-,31-27-,44-40+. The normalized spacial score (nSPS) is 13.1. The smallest absolute Gasteiger partial charge is 0.305 e. The second-order valence-corrected chi connectivity index (χ2v) is 16.8. The third-order valence-electron chi connectivity index (χ3n) is 11.1. The van der Waals surface area contributed by atoms with E-state index in [1.54, 1.807) is 6.08 Å². The minimum atomic E-state index is -0.864. The quantitative estimate of drug-likeness (QED) is 0.0323. The van der Waals surface area contributed by atoms with Crippen molar-refractivity contribution in [2.24, 2.45) is 0 Å². The van der Waals surface area contributed by atoms with Crippen LogP contribution < -0.4 is 5.32 Å². The van der Waals surface area contributed by atoms with Gasteiger partial charge < -0.3 is 20.3 Å². The Morgan fingerprint density at radius 1 is 0.483 bits per heavy atom. The maximum Gasteiger partial charge on any atom is 0.305 e. The van der Waals surface area contributed by atoms with Gasteiger partial charge in [0, 0.05) is 12.8 Å². The van der Waals surface area contributed by atoms with Crippen LogP contribution in [0.5, 0.6) is 0 Å². The molecule has 0 aromatic rings. The molecule has 0 aliphatic heterocycles. The van der Waals surface area contributed by atoms with Crippen LogP contribution in [0.15, 0.2) is 48.6 Å². The topological polar surface area (TPSA) is 95.9 Å². The van der Waals surface area contributed by atoms with Gasteiger partial charge in [-0.3, -0.25) is 9.59 Å². The fourth-order valence-electron chi connectivity index (χ4n) is 7.17. The zero-order valence-corrected chi connectivity index (χ0v) is 38.3. The van der Waals surface area contributed by atoms with Crippen molar-refractivity contribution < 1.29 is 24.5 Å². The number of hydrogen-bond donors (Lipinski definition) is 3. The number of hydrogen-bond acceptors (Lipinski definition) is 5. The van der Waals surface area contributed by atoms with E-state index in [1.165, 1.54) is 122 Å². The van der Waals surface area contributed by atoms with Crippen molar-refractivity contribution in [3.63, 3.8) is 0 Å². The highest BCUT2D eigenvalue weighted by molar-refractivity contribution is 5.76. The minimum absolute atomic E-state index is 0.0485. The van der Waals surface area contributed by atoms with E-state index in [0.717, 1.165) is 96.3 Å². The zero-order chi connectivity index (χ0) is 42.3. The summed E-state index contributed by atoms with van der Waals surface area (Å²) in [4.78, 5) is 24.4. The summed E-state index contributed by atoms with van der Waals surface area (Å²) in [6, 6.07) is -0.650. The lowest BCUT2D eigenvalue weighted by atomic mass is 10.0. The molecule has 338 valence electrons. The van der Waals surface area contributed by atoms with Gasteiger partial charge in [-0.2, -0.15) is 0 Å². The van der Waals surface area contributed by atoms with Crippen molar-refractivity contribution in [2.75, 3.05) is 13.2 Å². The summed E-state index contributed by atoms with van der Waals surface area (Å²) in [6.07, 6.45) is 58.2. The van der Waals surface area contributed by atoms with Crippen molar-refractivity contribution in [3.05, 3.63) is 48.6 Å². The number of aliphatic hydroxyl groups excluding tert-OH is 2. The average Bonchev–Trinajstić information content (AvgIpc) is 3.22. The molecule has 0 radical (unpaired) electrons. The Hall–Kier alpha value is -2.18. The number of ether oxygens (including phenoxy) is 1. The largest absolute Gasteiger partial charge is 0.466 e. The highest BCUT2D eigenvalue weighted by Gasteiger charge is 2.18. The van der Waals surface area contributed by atoms with Crippen LogP contribution in [0, 0.1) is 0 Å². The number of carbonyl (C=O) groups excluding carboxylic acids is 2. The molecule has 0 aliphatic rings. The lowest BCUT2D eigenvalue weighted by molar-refractivity contribution is -0.143. The van der Waals surface area contributed by atoms with Gasteiger partial charge in [-0.25, -0.2) is 0 Å². The Morgan fingerprint density at radius 3 is 1.38 bits per heavy atom. The molecule has 1 amide bonds. The molecule has 0 fully saturated rings. The van der Waals surface area contributed by atoms with Crippen molar-refractivity contribution in [1.82, 2.24) is 5.32 Å². The lowest BCUT2D eigenvalue weighted by Gasteiger charge is -2.20. The number of unbranched alkanes of at least 4 members (excludes halogenated alkanes) is 28. The van der Waals surface area contributed by atoms with Gasteiger partial charge in [0.2, 0.25) is 5.91 Å². The molecule has 0 saturated heterocycles. The Bertz CT molecular complexity index is 988. The third kappa shape index (κ3) is 43.4. The van der Waals surface area contributed by atoms with Gasteiger partial charge >= 0.3 is 5.97 Å². The molecule has 6 nitrogen and oxygen atoms in total. The van der Waals surface area contributed by atoms with Crippen molar-refractivity contribution in [2.45, 2.75) is 257 Å². The molecule has 0 bridgehead atoms. The van der Waals surface area contributed by atoms with Crippen LogP contribution in [0.1, 0.15) is 245 Å². The molecule has 2 unspecified atom stereocenters. The first-order valence-electron chi connectivity index (χ1n) is 24.9. The van der Waals surface area contributed by atoms with Crippen LogP contribution in [0.4, 0.5) is 0 Å². The number of allylic oxidation sites excluding steroid dienone is 7. The van der Waals surface area contributed by atoms with Crippen LogP contribution in [-0.2, 0) is 14.3 Å². The fourth-order valence-corrected chi connectivity index (χ4v) is 7.17. The van der Waals surface area contributed by atoms with E-state index in [1.807, 2.05) is 6.08 Å². The maximum atomic E-state index is 12.4. The summed E-state index contributed by atoms with van der Waals surface area (Å²) in [5.41, 5.74) is 0. The molecule has 3 N–H and O–H groups in total. The highest BCUT2D eigenvalue weighted by Crippen LogP contribution is 2.14. The molecule has 0 rings (SSSR count). The van der Waals surface area contributed by atoms with Gasteiger partial charge in [-0.05, 0) is 83.5 Å². The minimum Gasteiger partial charge on any atom is -0.466 e. The van der Waals surface area contributed by atoms with Gasteiger partial charge in [0.1, 0.15) is 0 Å². The van der Waals surface area contributed by atoms with Crippen molar-refractivity contribution >= 4 is 11.9 Å². The Labute approximate surface area is 359 Å². The summed E-state index contributed by atoms with van der Waals surface area (Å²) >= 11 is 0. The predicted octanol–water partition coefficient (Wildman–Crippen LogP) is 14.7. The first-order valence-corrected chi connectivity index (χ1v) is 24.9. The lowest BCUT2D eigenvalue weighted by Crippen LogP contribution is -2.45. The summed E-state index contributed by atoms with van der Waals surface area (Å²) in [6.45, 7) is 4.76. The molecular formula is C52H95NO5. The second kappa shape index (κ2) is 47.5. The van der Waals surface area contributed by atoms with E-state index in [2.05, 4.69) is 55.6 Å². The van der Waals surface area contributed by atoms with Gasteiger partial charge in [-0.1, -0.05) is 197 Å².